The second-order valence-electron chi connectivity index (χ2n) is 3.36. The quantitative estimate of drug-likeness (QED) is 0.945. The van der Waals surface area contributed by atoms with Crippen molar-refractivity contribution < 1.29 is 14.2 Å². The van der Waals surface area contributed by atoms with E-state index < -0.39 is 5.82 Å². The smallest absolute Gasteiger partial charge is 0.166 e. The highest BCUT2D eigenvalue weighted by molar-refractivity contribution is 9.10. The number of ether oxygens (including phenoxy) is 1. The van der Waals surface area contributed by atoms with Crippen LogP contribution in [0.3, 0.4) is 0 Å². The third-order valence-corrected chi connectivity index (χ3v) is 2.52. The maximum Gasteiger partial charge on any atom is 0.166 e. The van der Waals surface area contributed by atoms with Crippen LogP contribution in [0.4, 0.5) is 4.39 Å². The molecule has 0 amide bonds. The zero-order chi connectivity index (χ0) is 12.3. The van der Waals surface area contributed by atoms with Crippen LogP contribution in [-0.2, 0) is 6.61 Å². The van der Waals surface area contributed by atoms with Gasteiger partial charge in [0.05, 0.1) is 12.8 Å². The second kappa shape index (κ2) is 5.25. The molecule has 1 aromatic heterocycles. The SMILES string of the molecule is OCc1ccc(Oc2cncc(Br)c2)c(F)c1. The second-order valence-corrected chi connectivity index (χ2v) is 4.28. The van der Waals surface area contributed by atoms with Crippen LogP contribution in [0.25, 0.3) is 0 Å². The number of halogens is 2. The van der Waals surface area contributed by atoms with E-state index in [4.69, 9.17) is 9.84 Å². The predicted molar refractivity (Wildman–Crippen MR) is 64.3 cm³/mol. The van der Waals surface area contributed by atoms with Crippen molar-refractivity contribution in [3.63, 3.8) is 0 Å². The van der Waals surface area contributed by atoms with Crippen LogP contribution >= 0.6 is 15.9 Å². The minimum Gasteiger partial charge on any atom is -0.453 e. The fourth-order valence-corrected chi connectivity index (χ4v) is 1.64. The first-order chi connectivity index (χ1) is 8.19. The summed E-state index contributed by atoms with van der Waals surface area (Å²) in [6.07, 6.45) is 3.10. The number of aliphatic hydroxyl groups excluding tert-OH is 1. The normalized spacial score (nSPS) is 10.3. The predicted octanol–water partition coefficient (Wildman–Crippen LogP) is 3.27. The number of aromatic nitrogens is 1. The van der Waals surface area contributed by atoms with Crippen LogP contribution in [0, 0.1) is 5.82 Å². The Morgan fingerprint density at radius 2 is 2.12 bits per heavy atom. The van der Waals surface area contributed by atoms with E-state index in [0.717, 1.165) is 4.47 Å². The Labute approximate surface area is 106 Å². The molecule has 0 spiro atoms. The number of hydrogen-bond acceptors (Lipinski definition) is 3. The highest BCUT2D eigenvalue weighted by Gasteiger charge is 2.06. The van der Waals surface area contributed by atoms with Gasteiger partial charge in [-0.2, -0.15) is 0 Å². The van der Waals surface area contributed by atoms with Crippen LogP contribution in [0.2, 0.25) is 0 Å². The van der Waals surface area contributed by atoms with Gasteiger partial charge in [-0.1, -0.05) is 6.07 Å². The summed E-state index contributed by atoms with van der Waals surface area (Å²) in [5.41, 5.74) is 0.502. The summed E-state index contributed by atoms with van der Waals surface area (Å²) in [6, 6.07) is 6.00. The number of hydrogen-bond donors (Lipinski definition) is 1. The lowest BCUT2D eigenvalue weighted by molar-refractivity contribution is 0.281. The molecule has 88 valence electrons. The molecule has 0 aliphatic heterocycles. The molecule has 0 aliphatic carbocycles. The molecule has 1 heterocycles. The van der Waals surface area contributed by atoms with Crippen molar-refractivity contribution in [3.8, 4) is 11.5 Å². The fourth-order valence-electron chi connectivity index (χ4n) is 1.30. The van der Waals surface area contributed by atoms with Crippen LogP contribution < -0.4 is 4.74 Å². The van der Waals surface area contributed by atoms with Crippen LogP contribution in [0.1, 0.15) is 5.56 Å². The summed E-state index contributed by atoms with van der Waals surface area (Å²) in [5, 5.41) is 8.86. The first-order valence-corrected chi connectivity index (χ1v) is 5.66. The van der Waals surface area contributed by atoms with Gasteiger partial charge in [-0.05, 0) is 39.7 Å². The monoisotopic (exact) mass is 297 g/mol. The molecular formula is C12H9BrFNO2. The average Bonchev–Trinajstić information content (AvgIpc) is 2.32. The van der Waals surface area contributed by atoms with E-state index in [-0.39, 0.29) is 12.4 Å². The maximum absolute atomic E-state index is 13.6. The van der Waals surface area contributed by atoms with Crippen LogP contribution in [0.5, 0.6) is 11.5 Å². The standard InChI is InChI=1S/C12H9BrFNO2/c13-9-4-10(6-15-5-9)17-12-2-1-8(7-16)3-11(12)14/h1-6,16H,7H2. The molecule has 1 N–H and O–H groups in total. The highest BCUT2D eigenvalue weighted by Crippen LogP contribution is 2.26. The topological polar surface area (TPSA) is 42.4 Å². The molecule has 2 aromatic rings. The Bertz CT molecular complexity index is 534. The van der Waals surface area contributed by atoms with Gasteiger partial charge in [0, 0.05) is 10.7 Å². The molecule has 1 aromatic carbocycles. The number of aliphatic hydroxyl groups is 1. The largest absolute Gasteiger partial charge is 0.453 e. The minimum absolute atomic E-state index is 0.0992. The first kappa shape index (κ1) is 12.0. The van der Waals surface area contributed by atoms with Crippen LogP contribution in [-0.4, -0.2) is 10.1 Å². The maximum atomic E-state index is 13.6. The third kappa shape index (κ3) is 3.01. The van der Waals surface area contributed by atoms with Crippen molar-refractivity contribution in [2.75, 3.05) is 0 Å². The number of pyridine rings is 1. The van der Waals surface area contributed by atoms with E-state index >= 15 is 0 Å². The summed E-state index contributed by atoms with van der Waals surface area (Å²) >= 11 is 3.25. The molecule has 0 saturated heterocycles. The first-order valence-electron chi connectivity index (χ1n) is 4.87. The molecular weight excluding hydrogens is 289 g/mol. The van der Waals surface area contributed by atoms with E-state index in [9.17, 15) is 4.39 Å². The van der Waals surface area contributed by atoms with Gasteiger partial charge in [0.25, 0.3) is 0 Å². The van der Waals surface area contributed by atoms with E-state index in [1.54, 1.807) is 18.3 Å². The van der Waals surface area contributed by atoms with Crippen molar-refractivity contribution in [2.45, 2.75) is 6.61 Å². The summed E-state index contributed by atoms with van der Waals surface area (Å²) in [7, 11) is 0. The molecule has 17 heavy (non-hydrogen) atoms. The van der Waals surface area contributed by atoms with Gasteiger partial charge in [-0.25, -0.2) is 4.39 Å². The van der Waals surface area contributed by atoms with Crippen molar-refractivity contribution in [3.05, 3.63) is 52.5 Å². The lowest BCUT2D eigenvalue weighted by atomic mass is 10.2. The molecule has 2 rings (SSSR count). The Morgan fingerprint density at radius 1 is 1.29 bits per heavy atom. The van der Waals surface area contributed by atoms with Gasteiger partial charge >= 0.3 is 0 Å². The molecule has 0 saturated carbocycles. The number of nitrogens with zero attached hydrogens (tertiary/aromatic N) is 1. The van der Waals surface area contributed by atoms with E-state index in [0.29, 0.717) is 11.3 Å². The number of rotatable bonds is 3. The summed E-state index contributed by atoms with van der Waals surface area (Å²) in [4.78, 5) is 3.91. The minimum atomic E-state index is -0.517. The van der Waals surface area contributed by atoms with Gasteiger partial charge in [-0.3, -0.25) is 4.98 Å². The molecule has 0 aliphatic rings. The third-order valence-electron chi connectivity index (χ3n) is 2.09. The van der Waals surface area contributed by atoms with Gasteiger partial charge in [0.1, 0.15) is 5.75 Å². The zero-order valence-corrected chi connectivity index (χ0v) is 10.3. The zero-order valence-electron chi connectivity index (χ0n) is 8.73. The highest BCUT2D eigenvalue weighted by atomic mass is 79.9. The van der Waals surface area contributed by atoms with Gasteiger partial charge in [0.15, 0.2) is 11.6 Å². The van der Waals surface area contributed by atoms with Gasteiger partial charge in [0.2, 0.25) is 0 Å². The molecule has 5 heteroatoms. The number of benzene rings is 1. The summed E-state index contributed by atoms with van der Waals surface area (Å²) < 4.78 is 19.6. The molecule has 0 fully saturated rings. The molecule has 0 bridgehead atoms. The molecule has 0 atom stereocenters. The van der Waals surface area contributed by atoms with E-state index in [2.05, 4.69) is 20.9 Å². The molecule has 0 radical (unpaired) electrons. The Morgan fingerprint density at radius 3 is 2.76 bits per heavy atom. The molecule has 0 unspecified atom stereocenters. The van der Waals surface area contributed by atoms with Crippen molar-refractivity contribution in [1.29, 1.82) is 0 Å². The summed E-state index contributed by atoms with van der Waals surface area (Å²) in [5.74, 6) is 0.0219. The van der Waals surface area contributed by atoms with E-state index in [1.165, 1.54) is 18.3 Å². The van der Waals surface area contributed by atoms with Crippen molar-refractivity contribution in [2.24, 2.45) is 0 Å². The molecule has 3 nitrogen and oxygen atoms in total. The lowest BCUT2D eigenvalue weighted by Crippen LogP contribution is -1.91. The van der Waals surface area contributed by atoms with Gasteiger partial charge < -0.3 is 9.84 Å². The van der Waals surface area contributed by atoms with Crippen molar-refractivity contribution >= 4 is 15.9 Å². The fraction of sp³-hybridized carbons (Fsp3) is 0.0833. The Hall–Kier alpha value is -1.46. The average molecular weight is 298 g/mol. The van der Waals surface area contributed by atoms with Crippen LogP contribution in [0.15, 0.2) is 41.1 Å². The van der Waals surface area contributed by atoms with E-state index in [1.807, 2.05) is 0 Å². The van der Waals surface area contributed by atoms with Gasteiger partial charge in [-0.15, -0.1) is 0 Å². The lowest BCUT2D eigenvalue weighted by Gasteiger charge is -2.07. The van der Waals surface area contributed by atoms with Crippen molar-refractivity contribution in [1.82, 2.24) is 4.98 Å². The Kier molecular flexibility index (Phi) is 3.71. The Balaban J connectivity index is 2.24. The summed E-state index contributed by atoms with van der Waals surface area (Å²) in [6.45, 7) is -0.199.